The Hall–Kier alpha value is -3.03. The summed E-state index contributed by atoms with van der Waals surface area (Å²) in [5.41, 5.74) is 6.28. The third kappa shape index (κ3) is 4.99. The third-order valence-corrected chi connectivity index (χ3v) is 6.89. The molecule has 2 aliphatic heterocycles. The third-order valence-electron chi connectivity index (χ3n) is 6.89. The zero-order valence-electron chi connectivity index (χ0n) is 19.1. The average molecular weight is 446 g/mol. The zero-order chi connectivity index (χ0) is 22.8. The molecule has 33 heavy (non-hydrogen) atoms. The van der Waals surface area contributed by atoms with Gasteiger partial charge in [0.2, 0.25) is 5.91 Å². The van der Waals surface area contributed by atoms with Crippen molar-refractivity contribution in [2.24, 2.45) is 0 Å². The highest BCUT2D eigenvalue weighted by atomic mass is 16.1. The van der Waals surface area contributed by atoms with Crippen molar-refractivity contribution < 1.29 is 4.79 Å². The highest BCUT2D eigenvalue weighted by Crippen LogP contribution is 2.24. The number of aryl methyl sites for hydroxylation is 2. The molecule has 0 bridgehead atoms. The number of benzene rings is 2. The van der Waals surface area contributed by atoms with E-state index in [4.69, 9.17) is 0 Å². The van der Waals surface area contributed by atoms with E-state index < -0.39 is 0 Å². The maximum Gasteiger partial charge on any atom is 0.269 e. The number of nitrogens with one attached hydrogen (secondary N) is 2. The number of nitrogens with zero attached hydrogens (tertiary/aromatic N) is 3. The van der Waals surface area contributed by atoms with Gasteiger partial charge in [-0.2, -0.15) is 0 Å². The van der Waals surface area contributed by atoms with Gasteiger partial charge in [0.25, 0.3) is 5.56 Å². The van der Waals surface area contributed by atoms with Crippen LogP contribution in [0.4, 0.5) is 5.69 Å². The number of rotatable bonds is 6. The Morgan fingerprint density at radius 2 is 1.91 bits per heavy atom. The molecule has 0 radical (unpaired) electrons. The first-order chi connectivity index (χ1) is 16.0. The predicted octanol–water partition coefficient (Wildman–Crippen LogP) is 2.84. The van der Waals surface area contributed by atoms with E-state index in [0.717, 1.165) is 67.7 Å². The number of anilines is 1. The van der Waals surface area contributed by atoms with Crippen molar-refractivity contribution in [2.75, 3.05) is 25.0 Å². The van der Waals surface area contributed by atoms with E-state index in [-0.39, 0.29) is 11.5 Å². The van der Waals surface area contributed by atoms with Crippen LogP contribution in [0.1, 0.15) is 36.0 Å². The number of aromatic nitrogens is 2. The lowest BCUT2D eigenvalue weighted by Crippen LogP contribution is -2.43. The molecular weight excluding hydrogens is 414 g/mol. The van der Waals surface area contributed by atoms with Crippen molar-refractivity contribution in [2.45, 2.75) is 51.7 Å². The quantitative estimate of drug-likeness (QED) is 0.610. The largest absolute Gasteiger partial charge is 0.326 e. The molecule has 1 aromatic heterocycles. The lowest BCUT2D eigenvalue weighted by molar-refractivity contribution is -0.116. The minimum absolute atomic E-state index is 0.0362. The van der Waals surface area contributed by atoms with E-state index in [0.29, 0.717) is 19.0 Å². The summed E-state index contributed by atoms with van der Waals surface area (Å²) in [5, 5.41) is 6.67. The molecule has 5 rings (SSSR count). The molecular formula is C26H31N5O2. The molecule has 7 nitrogen and oxygen atoms in total. The Bertz CT molecular complexity index is 1230. The van der Waals surface area contributed by atoms with Gasteiger partial charge < -0.3 is 20.1 Å². The Morgan fingerprint density at radius 1 is 1.06 bits per heavy atom. The van der Waals surface area contributed by atoms with E-state index in [1.165, 1.54) is 17.3 Å². The summed E-state index contributed by atoms with van der Waals surface area (Å²) >= 11 is 0. The van der Waals surface area contributed by atoms with Crippen LogP contribution in [0.5, 0.6) is 0 Å². The molecule has 2 N–H and O–H groups in total. The zero-order valence-corrected chi connectivity index (χ0v) is 19.1. The first-order valence-electron chi connectivity index (χ1n) is 11.9. The first-order valence-corrected chi connectivity index (χ1v) is 11.9. The molecule has 1 amide bonds. The molecule has 172 valence electrons. The molecule has 7 heteroatoms. The van der Waals surface area contributed by atoms with Crippen molar-refractivity contribution in [1.82, 2.24) is 19.8 Å². The van der Waals surface area contributed by atoms with Gasteiger partial charge in [-0.25, -0.2) is 4.98 Å². The summed E-state index contributed by atoms with van der Waals surface area (Å²) in [5.74, 6) is 0.108. The summed E-state index contributed by atoms with van der Waals surface area (Å²) in [7, 11) is 0. The number of piperidine rings is 1. The van der Waals surface area contributed by atoms with E-state index in [1.807, 2.05) is 29.7 Å². The summed E-state index contributed by atoms with van der Waals surface area (Å²) in [6.45, 7) is 6.44. The first kappa shape index (κ1) is 21.8. The number of hydrogen-bond donors (Lipinski definition) is 2. The van der Waals surface area contributed by atoms with Gasteiger partial charge in [0.15, 0.2) is 0 Å². The van der Waals surface area contributed by atoms with Gasteiger partial charge in [0, 0.05) is 37.8 Å². The molecule has 3 aromatic rings. The van der Waals surface area contributed by atoms with Gasteiger partial charge in [0.05, 0.1) is 17.2 Å². The Balaban J connectivity index is 1.13. The van der Waals surface area contributed by atoms with Crippen LogP contribution < -0.4 is 16.2 Å². The van der Waals surface area contributed by atoms with Crippen LogP contribution in [0.3, 0.4) is 0 Å². The van der Waals surface area contributed by atoms with Crippen LogP contribution in [-0.2, 0) is 24.3 Å². The van der Waals surface area contributed by atoms with Crippen LogP contribution in [-0.4, -0.2) is 46.0 Å². The van der Waals surface area contributed by atoms with Crippen molar-refractivity contribution in [1.29, 1.82) is 0 Å². The molecule has 0 unspecified atom stereocenters. The van der Waals surface area contributed by atoms with E-state index >= 15 is 0 Å². The Labute approximate surface area is 193 Å². The lowest BCUT2D eigenvalue weighted by atomic mass is 10.00. The van der Waals surface area contributed by atoms with Crippen LogP contribution >= 0.6 is 0 Å². The fraction of sp³-hybridized carbons (Fsp3) is 0.423. The van der Waals surface area contributed by atoms with Gasteiger partial charge >= 0.3 is 0 Å². The highest BCUT2D eigenvalue weighted by molar-refractivity contribution is 5.93. The van der Waals surface area contributed by atoms with Crippen molar-refractivity contribution in [3.8, 4) is 0 Å². The fourth-order valence-electron chi connectivity index (χ4n) is 4.90. The number of fused-ring (bicyclic) bond motifs is 2. The maximum absolute atomic E-state index is 12.4. The highest BCUT2D eigenvalue weighted by Gasteiger charge is 2.20. The van der Waals surface area contributed by atoms with Gasteiger partial charge in [-0.15, -0.1) is 0 Å². The second-order valence-corrected chi connectivity index (χ2v) is 9.28. The molecule has 0 spiro atoms. The fourth-order valence-corrected chi connectivity index (χ4v) is 4.90. The van der Waals surface area contributed by atoms with E-state index in [2.05, 4.69) is 38.7 Å². The summed E-state index contributed by atoms with van der Waals surface area (Å²) in [6, 6.07) is 13.0. The SMILES string of the molecule is Cc1ccc2ncc(=O)n(CCN3CCC(NCc4ccc5c(c4)NC(=O)CC5)CC3)c2c1. The predicted molar refractivity (Wildman–Crippen MR) is 130 cm³/mol. The topological polar surface area (TPSA) is 79.3 Å². The molecule has 3 heterocycles. The second-order valence-electron chi connectivity index (χ2n) is 9.28. The number of amides is 1. The lowest BCUT2D eigenvalue weighted by Gasteiger charge is -2.32. The number of likely N-dealkylation sites (tertiary alicyclic amines) is 1. The van der Waals surface area contributed by atoms with E-state index in [9.17, 15) is 9.59 Å². The summed E-state index contributed by atoms with van der Waals surface area (Å²) in [6.07, 6.45) is 5.02. The monoisotopic (exact) mass is 445 g/mol. The van der Waals surface area contributed by atoms with Gasteiger partial charge in [0.1, 0.15) is 0 Å². The molecule has 0 saturated carbocycles. The molecule has 0 atom stereocenters. The normalized spacial score (nSPS) is 17.2. The number of carbonyl (C=O) groups excluding carboxylic acids is 1. The van der Waals surface area contributed by atoms with Crippen LogP contribution in [0.25, 0.3) is 11.0 Å². The van der Waals surface area contributed by atoms with Crippen LogP contribution in [0.15, 0.2) is 47.4 Å². The Morgan fingerprint density at radius 3 is 2.76 bits per heavy atom. The second kappa shape index (κ2) is 9.45. The standard InChI is InChI=1S/C26H31N5O2/c1-18-2-6-22-24(14-18)31(26(33)17-28-22)13-12-30-10-8-21(9-11-30)27-16-19-3-4-20-5-7-25(32)29-23(20)15-19/h2-4,6,14-15,17,21,27H,5,7-13,16H2,1H3,(H,29,32). The molecule has 2 aromatic carbocycles. The molecule has 2 aliphatic rings. The average Bonchev–Trinajstić information content (AvgIpc) is 2.82. The Kier molecular flexibility index (Phi) is 6.24. The molecule has 1 fully saturated rings. The minimum Gasteiger partial charge on any atom is -0.326 e. The molecule has 0 aliphatic carbocycles. The van der Waals surface area contributed by atoms with Crippen molar-refractivity contribution in [3.63, 3.8) is 0 Å². The minimum atomic E-state index is -0.0362. The summed E-state index contributed by atoms with van der Waals surface area (Å²) < 4.78 is 1.86. The van der Waals surface area contributed by atoms with Gasteiger partial charge in [-0.05, 0) is 74.2 Å². The van der Waals surface area contributed by atoms with Gasteiger partial charge in [-0.1, -0.05) is 18.2 Å². The van der Waals surface area contributed by atoms with Crippen molar-refractivity contribution in [3.05, 3.63) is 69.6 Å². The molecule has 1 saturated heterocycles. The van der Waals surface area contributed by atoms with Crippen LogP contribution in [0, 0.1) is 6.92 Å². The summed E-state index contributed by atoms with van der Waals surface area (Å²) in [4.78, 5) is 30.8. The van der Waals surface area contributed by atoms with Crippen molar-refractivity contribution >= 4 is 22.6 Å². The van der Waals surface area contributed by atoms with Crippen LogP contribution in [0.2, 0.25) is 0 Å². The maximum atomic E-state index is 12.4. The van der Waals surface area contributed by atoms with Gasteiger partial charge in [-0.3, -0.25) is 9.59 Å². The number of carbonyl (C=O) groups is 1. The smallest absolute Gasteiger partial charge is 0.269 e. The van der Waals surface area contributed by atoms with E-state index in [1.54, 1.807) is 0 Å². The number of hydrogen-bond acceptors (Lipinski definition) is 5.